The van der Waals surface area contributed by atoms with Crippen LogP contribution in [0.3, 0.4) is 0 Å². The molecule has 0 fully saturated rings. The summed E-state index contributed by atoms with van der Waals surface area (Å²) in [7, 11) is 1.92. The number of aliphatic hydroxyl groups excluding tert-OH is 1. The van der Waals surface area contributed by atoms with E-state index in [0.717, 1.165) is 27.5 Å². The van der Waals surface area contributed by atoms with Gasteiger partial charge in [0.2, 0.25) is 0 Å². The second-order valence-electron chi connectivity index (χ2n) is 6.74. The van der Waals surface area contributed by atoms with Gasteiger partial charge in [0.05, 0.1) is 28.8 Å². The number of hydrogen-bond acceptors (Lipinski definition) is 3. The van der Waals surface area contributed by atoms with Crippen molar-refractivity contribution in [2.75, 3.05) is 11.4 Å². The molecule has 1 aliphatic heterocycles. The molecule has 0 saturated heterocycles. The Hall–Kier alpha value is -3.60. The maximum atomic E-state index is 10.7. The molecule has 2 heterocycles. The fourth-order valence-electron chi connectivity index (χ4n) is 3.83. The number of aliphatic hydroxyl groups is 1. The Morgan fingerprint density at radius 2 is 1.70 bits per heavy atom. The van der Waals surface area contributed by atoms with Crippen LogP contribution in [0.15, 0.2) is 72.5 Å². The molecule has 2 N–H and O–H groups in total. The average Bonchev–Trinajstić information content (AvgIpc) is 3.17. The predicted molar refractivity (Wildman–Crippen MR) is 109 cm³/mol. The number of aromatic nitrogens is 2. The highest BCUT2D eigenvalue weighted by Gasteiger charge is 2.32. The van der Waals surface area contributed by atoms with Crippen LogP contribution in [-0.2, 0) is 7.05 Å². The quantitative estimate of drug-likeness (QED) is 0.557. The Kier molecular flexibility index (Phi) is 3.31. The number of benzene rings is 3. The van der Waals surface area contributed by atoms with Crippen LogP contribution in [0, 0.1) is 5.41 Å². The normalized spacial score (nSPS) is 14.7. The van der Waals surface area contributed by atoms with Gasteiger partial charge >= 0.3 is 0 Å². The second-order valence-corrected chi connectivity index (χ2v) is 6.74. The summed E-state index contributed by atoms with van der Waals surface area (Å²) in [5, 5.41) is 21.6. The monoisotopic (exact) mass is 354 g/mol. The molecule has 1 aliphatic rings. The molecule has 0 amide bonds. The van der Waals surface area contributed by atoms with E-state index in [1.54, 1.807) is 0 Å². The lowest BCUT2D eigenvalue weighted by atomic mass is 10.1. The number of rotatable bonds is 2. The summed E-state index contributed by atoms with van der Waals surface area (Å²) in [6.45, 7) is 0.269. The lowest BCUT2D eigenvalue weighted by molar-refractivity contribution is 0.411. The molecule has 0 saturated carbocycles. The predicted octanol–water partition coefficient (Wildman–Crippen LogP) is 4.49. The lowest BCUT2D eigenvalue weighted by Crippen LogP contribution is -2.26. The molecular weight excluding hydrogens is 336 g/mol. The van der Waals surface area contributed by atoms with Gasteiger partial charge in [-0.15, -0.1) is 0 Å². The number of anilines is 1. The summed E-state index contributed by atoms with van der Waals surface area (Å²) in [6, 6.07) is 21.9. The van der Waals surface area contributed by atoms with Gasteiger partial charge in [-0.2, -0.15) is 0 Å². The minimum absolute atomic E-state index is 0.173. The molecule has 27 heavy (non-hydrogen) atoms. The van der Waals surface area contributed by atoms with E-state index >= 15 is 0 Å². The summed E-state index contributed by atoms with van der Waals surface area (Å²) in [6.07, 6.45) is 0. The third-order valence-electron chi connectivity index (χ3n) is 5.17. The third-order valence-corrected chi connectivity index (χ3v) is 5.17. The van der Waals surface area contributed by atoms with Crippen molar-refractivity contribution in [3.63, 3.8) is 0 Å². The first kappa shape index (κ1) is 15.6. The summed E-state index contributed by atoms with van der Waals surface area (Å²) in [5.41, 5.74) is 3.23. The Morgan fingerprint density at radius 3 is 2.56 bits per heavy atom. The van der Waals surface area contributed by atoms with E-state index in [9.17, 15) is 5.11 Å². The van der Waals surface area contributed by atoms with E-state index in [1.165, 1.54) is 0 Å². The topological polar surface area (TPSA) is 65.1 Å². The molecule has 0 bridgehead atoms. The van der Waals surface area contributed by atoms with Crippen LogP contribution in [0.2, 0.25) is 0 Å². The first-order valence-corrected chi connectivity index (χ1v) is 8.83. The van der Waals surface area contributed by atoms with E-state index in [4.69, 9.17) is 5.41 Å². The van der Waals surface area contributed by atoms with E-state index in [2.05, 4.69) is 17.1 Å². The van der Waals surface area contributed by atoms with Crippen molar-refractivity contribution in [3.05, 3.63) is 78.3 Å². The summed E-state index contributed by atoms with van der Waals surface area (Å²) in [5.74, 6) is 1.05. The number of para-hydroxylation sites is 2. The van der Waals surface area contributed by atoms with Crippen LogP contribution in [0.4, 0.5) is 5.69 Å². The Bertz CT molecular complexity index is 1250. The zero-order chi connectivity index (χ0) is 18.5. The van der Waals surface area contributed by atoms with Gasteiger partial charge in [0.1, 0.15) is 17.4 Å². The van der Waals surface area contributed by atoms with Crippen LogP contribution < -0.4 is 4.90 Å². The molecule has 5 rings (SSSR count). The summed E-state index contributed by atoms with van der Waals surface area (Å²) < 4.78 is 1.93. The SMILES string of the molecule is Cn1c(C2=C(O)CN(c3cccc4ccccc34)C2=N)nc2ccccc21. The number of imidazole rings is 1. The van der Waals surface area contributed by atoms with Crippen molar-refractivity contribution in [2.45, 2.75) is 0 Å². The highest BCUT2D eigenvalue weighted by molar-refractivity contribution is 6.31. The highest BCUT2D eigenvalue weighted by atomic mass is 16.3. The fraction of sp³-hybridized carbons (Fsp3) is 0.0909. The molecule has 0 spiro atoms. The summed E-state index contributed by atoms with van der Waals surface area (Å²) >= 11 is 0. The van der Waals surface area contributed by atoms with Crippen molar-refractivity contribution in [1.82, 2.24) is 9.55 Å². The van der Waals surface area contributed by atoms with Crippen LogP contribution in [-0.4, -0.2) is 27.0 Å². The van der Waals surface area contributed by atoms with E-state index in [0.29, 0.717) is 11.4 Å². The largest absolute Gasteiger partial charge is 0.509 e. The van der Waals surface area contributed by atoms with Crippen LogP contribution in [0.1, 0.15) is 5.82 Å². The van der Waals surface area contributed by atoms with Crippen LogP contribution >= 0.6 is 0 Å². The molecule has 0 atom stereocenters. The fourth-order valence-corrected chi connectivity index (χ4v) is 3.83. The zero-order valence-corrected chi connectivity index (χ0v) is 14.8. The number of aryl methyl sites for hydroxylation is 1. The standard InChI is InChI=1S/C22H18N4O/c1-25-18-11-5-4-10-16(18)24-22(25)20-19(27)13-26(21(20)23)17-12-6-8-14-7-2-3-9-15(14)17/h2-12,23,27H,13H2,1H3. The number of nitrogens with zero attached hydrogens (tertiary/aromatic N) is 3. The van der Waals surface area contributed by atoms with Gasteiger partial charge in [0, 0.05) is 12.4 Å². The van der Waals surface area contributed by atoms with E-state index in [-0.39, 0.29) is 18.1 Å². The van der Waals surface area contributed by atoms with Gasteiger partial charge in [-0.05, 0) is 23.6 Å². The number of nitrogens with one attached hydrogen (secondary N) is 1. The maximum Gasteiger partial charge on any atom is 0.148 e. The van der Waals surface area contributed by atoms with Gasteiger partial charge in [0.25, 0.3) is 0 Å². The van der Waals surface area contributed by atoms with E-state index in [1.807, 2.05) is 71.1 Å². The third kappa shape index (κ3) is 2.25. The molecule has 1 aromatic heterocycles. The lowest BCUT2D eigenvalue weighted by Gasteiger charge is -2.20. The smallest absolute Gasteiger partial charge is 0.148 e. The van der Waals surface area contributed by atoms with Crippen LogP contribution in [0.25, 0.3) is 27.4 Å². The van der Waals surface area contributed by atoms with Gasteiger partial charge in [-0.25, -0.2) is 4.98 Å². The zero-order valence-electron chi connectivity index (χ0n) is 14.8. The number of fused-ring (bicyclic) bond motifs is 2. The minimum Gasteiger partial charge on any atom is -0.509 e. The van der Waals surface area contributed by atoms with Crippen LogP contribution in [0.5, 0.6) is 0 Å². The molecule has 5 heteroatoms. The minimum atomic E-state index is 0.173. The van der Waals surface area contributed by atoms with Crippen molar-refractivity contribution >= 4 is 38.9 Å². The summed E-state index contributed by atoms with van der Waals surface area (Å²) in [4.78, 5) is 6.50. The molecule has 3 aromatic carbocycles. The molecular formula is C22H18N4O. The van der Waals surface area contributed by atoms with Gasteiger partial charge in [-0.1, -0.05) is 48.5 Å². The van der Waals surface area contributed by atoms with Gasteiger partial charge in [-0.3, -0.25) is 5.41 Å². The Labute approximate surface area is 156 Å². The highest BCUT2D eigenvalue weighted by Crippen LogP contribution is 2.35. The van der Waals surface area contributed by atoms with Crippen molar-refractivity contribution in [3.8, 4) is 0 Å². The van der Waals surface area contributed by atoms with Crippen molar-refractivity contribution < 1.29 is 5.11 Å². The molecule has 0 aliphatic carbocycles. The number of amidine groups is 1. The molecule has 132 valence electrons. The molecule has 4 aromatic rings. The average molecular weight is 354 g/mol. The maximum absolute atomic E-state index is 10.7. The number of hydrogen-bond donors (Lipinski definition) is 2. The molecule has 0 radical (unpaired) electrons. The van der Waals surface area contributed by atoms with Crippen molar-refractivity contribution in [2.24, 2.45) is 7.05 Å². The van der Waals surface area contributed by atoms with Crippen molar-refractivity contribution in [1.29, 1.82) is 5.41 Å². The molecule has 5 nitrogen and oxygen atoms in total. The Balaban J connectivity index is 1.63. The van der Waals surface area contributed by atoms with Gasteiger partial charge < -0.3 is 14.6 Å². The molecule has 0 unspecified atom stereocenters. The Morgan fingerprint density at radius 1 is 0.963 bits per heavy atom. The van der Waals surface area contributed by atoms with Gasteiger partial charge in [0.15, 0.2) is 0 Å². The first-order chi connectivity index (χ1) is 13.1. The second kappa shape index (κ2) is 5.71. The van der Waals surface area contributed by atoms with E-state index < -0.39 is 0 Å². The first-order valence-electron chi connectivity index (χ1n) is 8.83.